The lowest BCUT2D eigenvalue weighted by Crippen LogP contribution is -2.30. The molecule has 0 aliphatic heterocycles. The van der Waals surface area contributed by atoms with Crippen LogP contribution in [0.15, 0.2) is 48.5 Å². The molecule has 0 saturated heterocycles. The zero-order chi connectivity index (χ0) is 18.2. The smallest absolute Gasteiger partial charge is 0.306 e. The van der Waals surface area contributed by atoms with Crippen molar-refractivity contribution in [2.45, 2.75) is 25.9 Å². The van der Waals surface area contributed by atoms with Crippen molar-refractivity contribution in [1.82, 2.24) is 0 Å². The van der Waals surface area contributed by atoms with Crippen molar-refractivity contribution >= 4 is 29.2 Å². The Morgan fingerprint density at radius 1 is 1.12 bits per heavy atom. The monoisotopic (exact) mass is 361 g/mol. The summed E-state index contributed by atoms with van der Waals surface area (Å²) >= 11 is 5.99. The van der Waals surface area contributed by atoms with E-state index in [0.717, 1.165) is 11.3 Å². The standard InChI is InChI=1S/C19H20ClNO4/c1-13(19(23)21-17-6-4-3-5-16(17)20)25-18(22)12-9-14-7-10-15(24-2)11-8-14/h3-8,10-11,13H,9,12H2,1-2H3,(H,21,23)/t13-/m1/s1. The first-order chi connectivity index (χ1) is 12.0. The van der Waals surface area contributed by atoms with Crippen LogP contribution in [0, 0.1) is 0 Å². The molecule has 0 saturated carbocycles. The van der Waals surface area contributed by atoms with Gasteiger partial charge in [-0.2, -0.15) is 0 Å². The van der Waals surface area contributed by atoms with Gasteiger partial charge in [0.25, 0.3) is 5.91 Å². The number of esters is 1. The first kappa shape index (κ1) is 18.8. The summed E-state index contributed by atoms with van der Waals surface area (Å²) in [6.07, 6.45) is -0.183. The molecule has 5 nitrogen and oxygen atoms in total. The van der Waals surface area contributed by atoms with Gasteiger partial charge >= 0.3 is 5.97 Å². The van der Waals surface area contributed by atoms with Gasteiger partial charge in [0.05, 0.1) is 17.8 Å². The van der Waals surface area contributed by atoms with E-state index in [4.69, 9.17) is 21.1 Å². The van der Waals surface area contributed by atoms with E-state index < -0.39 is 18.0 Å². The van der Waals surface area contributed by atoms with Gasteiger partial charge in [-0.15, -0.1) is 0 Å². The number of hydrogen-bond donors (Lipinski definition) is 1. The highest BCUT2D eigenvalue weighted by Crippen LogP contribution is 2.20. The predicted octanol–water partition coefficient (Wildman–Crippen LogP) is 3.85. The van der Waals surface area contributed by atoms with E-state index in [-0.39, 0.29) is 6.42 Å². The van der Waals surface area contributed by atoms with E-state index in [1.807, 2.05) is 24.3 Å². The molecule has 2 aromatic rings. The molecule has 0 aliphatic carbocycles. The maximum absolute atomic E-state index is 12.1. The van der Waals surface area contributed by atoms with Crippen LogP contribution in [0.3, 0.4) is 0 Å². The molecule has 0 aliphatic rings. The average molecular weight is 362 g/mol. The molecule has 0 radical (unpaired) electrons. The number of rotatable bonds is 7. The largest absolute Gasteiger partial charge is 0.497 e. The van der Waals surface area contributed by atoms with E-state index >= 15 is 0 Å². The van der Waals surface area contributed by atoms with Gasteiger partial charge in [0.15, 0.2) is 6.10 Å². The Bertz CT molecular complexity index is 730. The first-order valence-electron chi connectivity index (χ1n) is 7.87. The van der Waals surface area contributed by atoms with Crippen LogP contribution < -0.4 is 10.1 Å². The van der Waals surface area contributed by atoms with E-state index in [2.05, 4.69) is 5.32 Å². The Hall–Kier alpha value is -2.53. The van der Waals surface area contributed by atoms with Crippen molar-refractivity contribution in [2.75, 3.05) is 12.4 Å². The maximum Gasteiger partial charge on any atom is 0.306 e. The first-order valence-corrected chi connectivity index (χ1v) is 8.25. The van der Waals surface area contributed by atoms with Crippen LogP contribution in [0.2, 0.25) is 5.02 Å². The number of carbonyl (C=O) groups excluding carboxylic acids is 2. The third-order valence-electron chi connectivity index (χ3n) is 3.59. The molecular formula is C19H20ClNO4. The molecule has 0 unspecified atom stereocenters. The second-order valence-electron chi connectivity index (χ2n) is 5.45. The van der Waals surface area contributed by atoms with Crippen LogP contribution in [-0.2, 0) is 20.7 Å². The number of methoxy groups -OCH3 is 1. The molecule has 0 aromatic heterocycles. The Kier molecular flexibility index (Phi) is 6.83. The average Bonchev–Trinajstić information content (AvgIpc) is 2.62. The van der Waals surface area contributed by atoms with Gasteiger partial charge in [0.1, 0.15) is 5.75 Å². The number of para-hydroxylation sites is 1. The highest BCUT2D eigenvalue weighted by Gasteiger charge is 2.18. The number of aryl methyl sites for hydroxylation is 1. The van der Waals surface area contributed by atoms with E-state index in [9.17, 15) is 9.59 Å². The molecule has 1 atom stereocenters. The Balaban J connectivity index is 1.80. The second kappa shape index (κ2) is 9.08. The van der Waals surface area contributed by atoms with E-state index in [1.165, 1.54) is 6.92 Å². The zero-order valence-electron chi connectivity index (χ0n) is 14.1. The molecule has 1 N–H and O–H groups in total. The van der Waals surface area contributed by atoms with Gasteiger partial charge in [-0.25, -0.2) is 0 Å². The van der Waals surface area contributed by atoms with Crippen molar-refractivity contribution in [3.05, 3.63) is 59.1 Å². The van der Waals surface area contributed by atoms with E-state index in [1.54, 1.807) is 31.4 Å². The highest BCUT2D eigenvalue weighted by atomic mass is 35.5. The fourth-order valence-electron chi connectivity index (χ4n) is 2.15. The quantitative estimate of drug-likeness (QED) is 0.761. The number of anilines is 1. The summed E-state index contributed by atoms with van der Waals surface area (Å²) in [6.45, 7) is 1.53. The summed E-state index contributed by atoms with van der Waals surface area (Å²) in [4.78, 5) is 24.0. The minimum absolute atomic E-state index is 0.191. The predicted molar refractivity (Wildman–Crippen MR) is 97.0 cm³/mol. The Morgan fingerprint density at radius 3 is 2.44 bits per heavy atom. The van der Waals surface area contributed by atoms with Gasteiger partial charge in [0, 0.05) is 6.42 Å². The molecular weight excluding hydrogens is 342 g/mol. The third-order valence-corrected chi connectivity index (χ3v) is 3.92. The van der Waals surface area contributed by atoms with Crippen LogP contribution in [0.4, 0.5) is 5.69 Å². The fraction of sp³-hybridized carbons (Fsp3) is 0.263. The van der Waals surface area contributed by atoms with Gasteiger partial charge in [-0.1, -0.05) is 35.9 Å². The van der Waals surface area contributed by atoms with Gasteiger partial charge in [-0.3, -0.25) is 9.59 Å². The third kappa shape index (κ3) is 5.80. The molecule has 0 bridgehead atoms. The van der Waals surface area contributed by atoms with Crippen molar-refractivity contribution in [3.8, 4) is 5.75 Å². The number of hydrogen-bond acceptors (Lipinski definition) is 4. The number of amides is 1. The molecule has 2 aromatic carbocycles. The summed E-state index contributed by atoms with van der Waals surface area (Å²) in [6, 6.07) is 14.3. The lowest BCUT2D eigenvalue weighted by Gasteiger charge is -2.14. The van der Waals surface area contributed by atoms with Crippen molar-refractivity contribution in [2.24, 2.45) is 0 Å². The van der Waals surface area contributed by atoms with Gasteiger partial charge in [0.2, 0.25) is 0 Å². The van der Waals surface area contributed by atoms with Gasteiger partial charge in [-0.05, 0) is 43.2 Å². The summed E-state index contributed by atoms with van der Waals surface area (Å²) in [5.74, 6) is -0.0975. The molecule has 6 heteroatoms. The molecule has 132 valence electrons. The lowest BCUT2D eigenvalue weighted by molar-refractivity contribution is -0.153. The molecule has 2 rings (SSSR count). The zero-order valence-corrected chi connectivity index (χ0v) is 14.9. The topological polar surface area (TPSA) is 64.6 Å². The molecule has 0 heterocycles. The summed E-state index contributed by atoms with van der Waals surface area (Å²) in [5.41, 5.74) is 1.47. The molecule has 0 fully saturated rings. The number of nitrogens with one attached hydrogen (secondary N) is 1. The minimum atomic E-state index is -0.903. The van der Waals surface area contributed by atoms with Crippen LogP contribution in [0.1, 0.15) is 18.9 Å². The number of ether oxygens (including phenoxy) is 2. The Labute approximate surface area is 151 Å². The van der Waals surface area contributed by atoms with E-state index in [0.29, 0.717) is 17.1 Å². The van der Waals surface area contributed by atoms with Crippen molar-refractivity contribution in [3.63, 3.8) is 0 Å². The maximum atomic E-state index is 12.1. The molecule has 1 amide bonds. The number of benzene rings is 2. The molecule has 25 heavy (non-hydrogen) atoms. The molecule has 0 spiro atoms. The number of halogens is 1. The lowest BCUT2D eigenvalue weighted by atomic mass is 10.1. The van der Waals surface area contributed by atoms with Crippen LogP contribution >= 0.6 is 11.6 Å². The summed E-state index contributed by atoms with van der Waals surface area (Å²) < 4.78 is 10.3. The normalized spacial score (nSPS) is 11.5. The SMILES string of the molecule is COc1ccc(CCC(=O)O[C@H](C)C(=O)Nc2ccccc2Cl)cc1. The second-order valence-corrected chi connectivity index (χ2v) is 5.86. The highest BCUT2D eigenvalue weighted by molar-refractivity contribution is 6.33. The minimum Gasteiger partial charge on any atom is -0.497 e. The van der Waals surface area contributed by atoms with Crippen LogP contribution in [0.5, 0.6) is 5.75 Å². The van der Waals surface area contributed by atoms with Gasteiger partial charge < -0.3 is 14.8 Å². The fourth-order valence-corrected chi connectivity index (χ4v) is 2.33. The summed E-state index contributed by atoms with van der Waals surface area (Å²) in [5, 5.41) is 3.06. The number of carbonyl (C=O) groups is 2. The Morgan fingerprint density at radius 2 is 1.80 bits per heavy atom. The van der Waals surface area contributed by atoms with Crippen LogP contribution in [0.25, 0.3) is 0 Å². The van der Waals surface area contributed by atoms with Crippen LogP contribution in [-0.4, -0.2) is 25.1 Å². The van der Waals surface area contributed by atoms with Crippen molar-refractivity contribution in [1.29, 1.82) is 0 Å². The summed E-state index contributed by atoms with van der Waals surface area (Å²) in [7, 11) is 1.60. The van der Waals surface area contributed by atoms with Crippen molar-refractivity contribution < 1.29 is 19.1 Å².